The first-order valence-electron chi connectivity index (χ1n) is 12.5. The Morgan fingerprint density at radius 1 is 1.11 bits per heavy atom. The van der Waals surface area contributed by atoms with Gasteiger partial charge >= 0.3 is 0 Å². The van der Waals surface area contributed by atoms with E-state index >= 15 is 0 Å². The van der Waals surface area contributed by atoms with Gasteiger partial charge in [-0.1, -0.05) is 26.8 Å². The molecule has 0 saturated heterocycles. The van der Waals surface area contributed by atoms with Crippen LogP contribution in [0.25, 0.3) is 0 Å². The van der Waals surface area contributed by atoms with Gasteiger partial charge in [0.15, 0.2) is 0 Å². The van der Waals surface area contributed by atoms with Crippen molar-refractivity contribution in [2.45, 2.75) is 57.9 Å². The van der Waals surface area contributed by atoms with Gasteiger partial charge in [-0.2, -0.15) is 4.98 Å². The van der Waals surface area contributed by atoms with Crippen LogP contribution in [0.5, 0.6) is 0 Å². The molecule has 8 heteroatoms. The highest BCUT2D eigenvalue weighted by Gasteiger charge is 2.46. The van der Waals surface area contributed by atoms with Gasteiger partial charge < -0.3 is 21.3 Å². The number of fused-ring (bicyclic) bond motifs is 2. The van der Waals surface area contributed by atoms with Crippen molar-refractivity contribution in [3.63, 3.8) is 0 Å². The lowest BCUT2D eigenvalue weighted by atomic mass is 9.86. The summed E-state index contributed by atoms with van der Waals surface area (Å²) in [6.07, 6.45) is 3.98. The summed E-state index contributed by atoms with van der Waals surface area (Å²) in [6, 6.07) is 11.3. The zero-order valence-electron chi connectivity index (χ0n) is 21.3. The molecular weight excluding hydrogens is 455 g/mol. The first kappa shape index (κ1) is 24.2. The quantitative estimate of drug-likeness (QED) is 0.377. The molecule has 2 aliphatic rings. The molecule has 1 aliphatic carbocycles. The molecule has 36 heavy (non-hydrogen) atoms. The summed E-state index contributed by atoms with van der Waals surface area (Å²) >= 11 is 0. The second-order valence-electron chi connectivity index (χ2n) is 10.8. The number of carbonyl (C=O) groups excluding carboxylic acids is 1. The summed E-state index contributed by atoms with van der Waals surface area (Å²) in [5.74, 6) is 0.172. The average molecular weight is 489 g/mol. The molecule has 1 saturated carbocycles. The lowest BCUT2D eigenvalue weighted by Crippen LogP contribution is -2.33. The minimum absolute atomic E-state index is 0.267. The van der Waals surface area contributed by atoms with Crippen molar-refractivity contribution in [2.24, 2.45) is 0 Å². The molecule has 0 unspecified atom stereocenters. The van der Waals surface area contributed by atoms with Gasteiger partial charge in [0.25, 0.3) is 5.91 Å². The molecule has 1 aliphatic heterocycles. The van der Waals surface area contributed by atoms with E-state index in [1.165, 1.54) is 36.2 Å². The van der Waals surface area contributed by atoms with Crippen LogP contribution in [0.15, 0.2) is 42.6 Å². The van der Waals surface area contributed by atoms with E-state index in [0.717, 1.165) is 18.8 Å². The maximum atomic E-state index is 14.5. The van der Waals surface area contributed by atoms with Crippen molar-refractivity contribution in [1.29, 1.82) is 0 Å². The van der Waals surface area contributed by atoms with Crippen LogP contribution < -0.4 is 21.3 Å². The second-order valence-corrected chi connectivity index (χ2v) is 10.8. The fraction of sp³-hybridized carbons (Fsp3) is 0.393. The Morgan fingerprint density at radius 2 is 1.86 bits per heavy atom. The number of rotatable bonds is 6. The zero-order chi connectivity index (χ0) is 25.5. The fourth-order valence-corrected chi connectivity index (χ4v) is 4.87. The standard InChI is InChI=1S/C28H33FN6O/c1-5-31-25(36)20-15-32-26(34-18-6-8-21-17(12-18)14-30-16-28(21)10-11-28)35-24(20)33-19-7-9-23(29)22(13-19)27(2,3)4/h6-9,12-13,15,30H,5,10-11,14,16H2,1-4H3,(H,31,36)(H2,32,33,34,35). The Morgan fingerprint density at radius 3 is 2.58 bits per heavy atom. The molecule has 5 rings (SSSR count). The van der Waals surface area contributed by atoms with Crippen molar-refractivity contribution in [3.05, 3.63) is 70.7 Å². The molecule has 188 valence electrons. The summed E-state index contributed by atoms with van der Waals surface area (Å²) in [5, 5.41) is 12.8. The van der Waals surface area contributed by atoms with E-state index in [0.29, 0.717) is 40.5 Å². The summed E-state index contributed by atoms with van der Waals surface area (Å²) in [5.41, 5.74) is 5.10. The molecule has 3 aromatic rings. The van der Waals surface area contributed by atoms with E-state index in [1.54, 1.807) is 12.1 Å². The van der Waals surface area contributed by atoms with Crippen LogP contribution in [0.3, 0.4) is 0 Å². The normalized spacial score (nSPS) is 15.8. The van der Waals surface area contributed by atoms with Crippen LogP contribution in [0, 0.1) is 5.82 Å². The smallest absolute Gasteiger partial charge is 0.256 e. The molecule has 0 atom stereocenters. The Balaban J connectivity index is 1.45. The maximum absolute atomic E-state index is 14.5. The summed E-state index contributed by atoms with van der Waals surface area (Å²) in [4.78, 5) is 21.7. The minimum atomic E-state index is -0.372. The number of anilines is 4. The van der Waals surface area contributed by atoms with Gasteiger partial charge in [-0.15, -0.1) is 0 Å². The molecule has 2 heterocycles. The van der Waals surface area contributed by atoms with Crippen molar-refractivity contribution >= 4 is 29.0 Å². The summed E-state index contributed by atoms with van der Waals surface area (Å²) in [6.45, 7) is 10.1. The van der Waals surface area contributed by atoms with Crippen LogP contribution in [-0.2, 0) is 17.4 Å². The highest BCUT2D eigenvalue weighted by atomic mass is 19.1. The molecule has 1 aromatic heterocycles. The Hall–Kier alpha value is -3.52. The van der Waals surface area contributed by atoms with Crippen molar-refractivity contribution < 1.29 is 9.18 Å². The van der Waals surface area contributed by atoms with Gasteiger partial charge in [-0.3, -0.25) is 4.79 Å². The monoisotopic (exact) mass is 488 g/mol. The van der Waals surface area contributed by atoms with E-state index in [-0.39, 0.29) is 17.1 Å². The average Bonchev–Trinajstić information content (AvgIpc) is 3.60. The number of nitrogens with zero attached hydrogens (tertiary/aromatic N) is 2. The van der Waals surface area contributed by atoms with Crippen molar-refractivity contribution in [2.75, 3.05) is 23.7 Å². The molecule has 0 bridgehead atoms. The Bertz CT molecular complexity index is 1310. The SMILES string of the molecule is CCNC(=O)c1cnc(Nc2ccc3c(c2)CNCC32CC2)nc1Nc1ccc(F)c(C(C)(C)C)c1. The van der Waals surface area contributed by atoms with E-state index in [9.17, 15) is 9.18 Å². The summed E-state index contributed by atoms with van der Waals surface area (Å²) in [7, 11) is 0. The lowest BCUT2D eigenvalue weighted by molar-refractivity contribution is 0.0956. The lowest BCUT2D eigenvalue weighted by Gasteiger charge is -2.26. The molecule has 1 fully saturated rings. The predicted octanol–water partition coefficient (Wildman–Crippen LogP) is 5.28. The first-order valence-corrected chi connectivity index (χ1v) is 12.5. The van der Waals surface area contributed by atoms with E-state index in [2.05, 4.69) is 49.4 Å². The Kier molecular flexibility index (Phi) is 6.16. The number of benzene rings is 2. The number of aromatic nitrogens is 2. The molecule has 1 amide bonds. The van der Waals surface area contributed by atoms with Gasteiger partial charge in [0, 0.05) is 42.6 Å². The minimum Gasteiger partial charge on any atom is -0.352 e. The van der Waals surface area contributed by atoms with Crippen LogP contribution in [0.2, 0.25) is 0 Å². The highest BCUT2D eigenvalue weighted by molar-refractivity contribution is 5.99. The maximum Gasteiger partial charge on any atom is 0.256 e. The largest absolute Gasteiger partial charge is 0.352 e. The van der Waals surface area contributed by atoms with E-state index in [4.69, 9.17) is 0 Å². The molecule has 4 N–H and O–H groups in total. The topological polar surface area (TPSA) is 91.0 Å². The van der Waals surface area contributed by atoms with Gasteiger partial charge in [-0.05, 0) is 72.2 Å². The third-order valence-electron chi connectivity index (χ3n) is 6.97. The van der Waals surface area contributed by atoms with E-state index in [1.807, 2.05) is 27.7 Å². The van der Waals surface area contributed by atoms with Crippen molar-refractivity contribution in [1.82, 2.24) is 20.6 Å². The van der Waals surface area contributed by atoms with Crippen LogP contribution in [0.1, 0.15) is 67.6 Å². The highest BCUT2D eigenvalue weighted by Crippen LogP contribution is 2.50. The van der Waals surface area contributed by atoms with Gasteiger partial charge in [-0.25, -0.2) is 9.37 Å². The number of hydrogen-bond acceptors (Lipinski definition) is 6. The third-order valence-corrected chi connectivity index (χ3v) is 6.97. The summed E-state index contributed by atoms with van der Waals surface area (Å²) < 4.78 is 14.5. The van der Waals surface area contributed by atoms with Crippen molar-refractivity contribution in [3.8, 4) is 0 Å². The molecule has 0 radical (unpaired) electrons. The van der Waals surface area contributed by atoms with Crippen LogP contribution >= 0.6 is 0 Å². The van der Waals surface area contributed by atoms with Gasteiger partial charge in [0.05, 0.1) is 0 Å². The third kappa shape index (κ3) is 4.78. The van der Waals surface area contributed by atoms with Crippen LogP contribution in [-0.4, -0.2) is 29.0 Å². The number of halogens is 1. The molecule has 1 spiro atoms. The molecule has 7 nitrogen and oxygen atoms in total. The molecular formula is C28H33FN6O. The first-order chi connectivity index (χ1) is 17.2. The number of hydrogen-bond donors (Lipinski definition) is 4. The zero-order valence-corrected chi connectivity index (χ0v) is 21.3. The number of amides is 1. The fourth-order valence-electron chi connectivity index (χ4n) is 4.87. The molecule has 2 aromatic carbocycles. The predicted molar refractivity (Wildman–Crippen MR) is 141 cm³/mol. The van der Waals surface area contributed by atoms with E-state index < -0.39 is 0 Å². The van der Waals surface area contributed by atoms with Gasteiger partial charge in [0.1, 0.15) is 17.2 Å². The van der Waals surface area contributed by atoms with Gasteiger partial charge in [0.2, 0.25) is 5.95 Å². The number of nitrogens with one attached hydrogen (secondary N) is 4. The number of carbonyl (C=O) groups is 1. The Labute approximate surface area is 211 Å². The second kappa shape index (κ2) is 9.17. The van der Waals surface area contributed by atoms with Crippen LogP contribution in [0.4, 0.5) is 27.5 Å².